The standard InChI is InChI=1S/C11H16N4O/c12-9-3-4-10(14-11(9)13)15-5-7-1-2-8(6-15)16-7/h3-4,7-8H,1-2,5-6,12H2,(H2,13,14). The molecule has 0 radical (unpaired) electrons. The summed E-state index contributed by atoms with van der Waals surface area (Å²) in [4.78, 5) is 6.55. The van der Waals surface area contributed by atoms with Gasteiger partial charge in [-0.2, -0.15) is 0 Å². The number of fused-ring (bicyclic) bond motifs is 2. The summed E-state index contributed by atoms with van der Waals surface area (Å²) in [5.41, 5.74) is 11.9. The van der Waals surface area contributed by atoms with Crippen LogP contribution in [-0.2, 0) is 4.74 Å². The molecule has 16 heavy (non-hydrogen) atoms. The zero-order chi connectivity index (χ0) is 11.1. The van der Waals surface area contributed by atoms with Gasteiger partial charge in [0.25, 0.3) is 0 Å². The van der Waals surface area contributed by atoms with Gasteiger partial charge in [0.2, 0.25) is 0 Å². The van der Waals surface area contributed by atoms with Crippen LogP contribution in [0.5, 0.6) is 0 Å². The molecule has 0 spiro atoms. The lowest BCUT2D eigenvalue weighted by Crippen LogP contribution is -2.43. The van der Waals surface area contributed by atoms with E-state index < -0.39 is 0 Å². The highest BCUT2D eigenvalue weighted by molar-refractivity contribution is 5.62. The summed E-state index contributed by atoms with van der Waals surface area (Å²) >= 11 is 0. The lowest BCUT2D eigenvalue weighted by Gasteiger charge is -2.33. The van der Waals surface area contributed by atoms with Crippen molar-refractivity contribution < 1.29 is 4.74 Å². The minimum absolute atomic E-state index is 0.360. The van der Waals surface area contributed by atoms with Crippen LogP contribution in [0.4, 0.5) is 17.3 Å². The molecule has 3 heterocycles. The third-order valence-corrected chi connectivity index (χ3v) is 3.31. The number of hydrogen-bond acceptors (Lipinski definition) is 5. The van der Waals surface area contributed by atoms with E-state index >= 15 is 0 Å². The molecule has 0 aromatic carbocycles. The Labute approximate surface area is 94.4 Å². The van der Waals surface area contributed by atoms with Gasteiger partial charge in [-0.1, -0.05) is 0 Å². The largest absolute Gasteiger partial charge is 0.396 e. The summed E-state index contributed by atoms with van der Waals surface area (Å²) in [5.74, 6) is 1.32. The third-order valence-electron chi connectivity index (χ3n) is 3.31. The van der Waals surface area contributed by atoms with E-state index in [9.17, 15) is 0 Å². The lowest BCUT2D eigenvalue weighted by molar-refractivity contribution is 0.0302. The first-order valence-electron chi connectivity index (χ1n) is 5.65. The van der Waals surface area contributed by atoms with Gasteiger partial charge in [0.1, 0.15) is 11.6 Å². The Morgan fingerprint density at radius 2 is 1.88 bits per heavy atom. The Bertz CT molecular complexity index is 397. The number of anilines is 3. The molecule has 86 valence electrons. The smallest absolute Gasteiger partial charge is 0.149 e. The highest BCUT2D eigenvalue weighted by Gasteiger charge is 2.34. The Balaban J connectivity index is 1.84. The van der Waals surface area contributed by atoms with Crippen LogP contribution in [0.2, 0.25) is 0 Å². The minimum atomic E-state index is 0.360. The van der Waals surface area contributed by atoms with Gasteiger partial charge in [0.05, 0.1) is 17.9 Å². The fourth-order valence-electron chi connectivity index (χ4n) is 2.45. The van der Waals surface area contributed by atoms with E-state index in [-0.39, 0.29) is 0 Å². The zero-order valence-electron chi connectivity index (χ0n) is 9.10. The van der Waals surface area contributed by atoms with Gasteiger partial charge in [-0.3, -0.25) is 0 Å². The number of pyridine rings is 1. The van der Waals surface area contributed by atoms with Gasteiger partial charge in [0, 0.05) is 13.1 Å². The molecule has 1 aromatic heterocycles. The zero-order valence-corrected chi connectivity index (χ0v) is 9.10. The highest BCUT2D eigenvalue weighted by atomic mass is 16.5. The van der Waals surface area contributed by atoms with Crippen molar-refractivity contribution in [3.05, 3.63) is 12.1 Å². The Kier molecular flexibility index (Phi) is 2.14. The molecule has 2 unspecified atom stereocenters. The molecule has 1 aromatic rings. The number of nitrogens with two attached hydrogens (primary N) is 2. The van der Waals surface area contributed by atoms with Crippen LogP contribution >= 0.6 is 0 Å². The number of nitrogens with zero attached hydrogens (tertiary/aromatic N) is 2. The summed E-state index contributed by atoms with van der Waals surface area (Å²) in [6, 6.07) is 3.74. The average molecular weight is 220 g/mol. The molecular formula is C11H16N4O. The number of ether oxygens (including phenoxy) is 1. The van der Waals surface area contributed by atoms with Crippen molar-refractivity contribution in [3.8, 4) is 0 Å². The molecule has 5 nitrogen and oxygen atoms in total. The maximum absolute atomic E-state index is 5.78. The fraction of sp³-hybridized carbons (Fsp3) is 0.545. The number of hydrogen-bond donors (Lipinski definition) is 2. The molecule has 2 fully saturated rings. The number of nitrogen functional groups attached to an aromatic ring is 2. The molecule has 5 heteroatoms. The van der Waals surface area contributed by atoms with Gasteiger partial charge < -0.3 is 21.1 Å². The number of morpholine rings is 1. The molecule has 3 rings (SSSR count). The molecule has 4 N–H and O–H groups in total. The lowest BCUT2D eigenvalue weighted by atomic mass is 10.2. The second kappa shape index (κ2) is 3.52. The van der Waals surface area contributed by atoms with Crippen molar-refractivity contribution in [2.45, 2.75) is 25.0 Å². The van der Waals surface area contributed by atoms with Crippen molar-refractivity contribution >= 4 is 17.3 Å². The molecule has 0 saturated carbocycles. The minimum Gasteiger partial charge on any atom is -0.396 e. The van der Waals surface area contributed by atoms with E-state index in [0.717, 1.165) is 31.7 Å². The van der Waals surface area contributed by atoms with Crippen molar-refractivity contribution in [2.24, 2.45) is 0 Å². The normalized spacial score (nSPS) is 28.4. The van der Waals surface area contributed by atoms with Crippen molar-refractivity contribution in [1.29, 1.82) is 0 Å². The monoisotopic (exact) mass is 220 g/mol. The first-order chi connectivity index (χ1) is 7.72. The summed E-state index contributed by atoms with van der Waals surface area (Å²) in [7, 11) is 0. The quantitative estimate of drug-likeness (QED) is 0.725. The topological polar surface area (TPSA) is 77.4 Å². The number of aromatic nitrogens is 1. The van der Waals surface area contributed by atoms with Crippen LogP contribution in [0, 0.1) is 0 Å². The van der Waals surface area contributed by atoms with Crippen LogP contribution in [0.25, 0.3) is 0 Å². The second-order valence-corrected chi connectivity index (χ2v) is 4.51. The van der Waals surface area contributed by atoms with Crippen molar-refractivity contribution in [1.82, 2.24) is 4.98 Å². The van der Waals surface area contributed by atoms with Gasteiger partial charge in [-0.05, 0) is 25.0 Å². The van der Waals surface area contributed by atoms with Crippen LogP contribution in [0.1, 0.15) is 12.8 Å². The highest BCUT2D eigenvalue weighted by Crippen LogP contribution is 2.29. The van der Waals surface area contributed by atoms with Crippen LogP contribution in [0.3, 0.4) is 0 Å². The van der Waals surface area contributed by atoms with Crippen molar-refractivity contribution in [3.63, 3.8) is 0 Å². The molecule has 2 bridgehead atoms. The SMILES string of the molecule is Nc1ccc(N2CC3CCC(C2)O3)nc1N. The van der Waals surface area contributed by atoms with E-state index in [1.165, 1.54) is 0 Å². The van der Waals surface area contributed by atoms with Gasteiger partial charge in [-0.15, -0.1) is 0 Å². The van der Waals surface area contributed by atoms with Gasteiger partial charge >= 0.3 is 0 Å². The number of rotatable bonds is 1. The van der Waals surface area contributed by atoms with Gasteiger partial charge in [-0.25, -0.2) is 4.98 Å². The van der Waals surface area contributed by atoms with Crippen LogP contribution < -0.4 is 16.4 Å². The summed E-state index contributed by atoms with van der Waals surface area (Å²) < 4.78 is 5.78. The maximum atomic E-state index is 5.78. The van der Waals surface area contributed by atoms with Crippen molar-refractivity contribution in [2.75, 3.05) is 29.5 Å². The molecule has 2 aliphatic heterocycles. The first kappa shape index (κ1) is 9.72. The van der Waals surface area contributed by atoms with Crippen LogP contribution in [-0.4, -0.2) is 30.3 Å². The van der Waals surface area contributed by atoms with Crippen LogP contribution in [0.15, 0.2) is 12.1 Å². The molecule has 0 amide bonds. The second-order valence-electron chi connectivity index (χ2n) is 4.51. The summed E-state index contributed by atoms with van der Waals surface area (Å²) in [6.45, 7) is 1.82. The molecule has 2 saturated heterocycles. The van der Waals surface area contributed by atoms with E-state index in [4.69, 9.17) is 16.2 Å². The predicted molar refractivity (Wildman–Crippen MR) is 63.2 cm³/mol. The van der Waals surface area contributed by atoms with E-state index in [2.05, 4.69) is 9.88 Å². The summed E-state index contributed by atoms with van der Waals surface area (Å²) in [5, 5.41) is 0. The Morgan fingerprint density at radius 1 is 1.19 bits per heavy atom. The maximum Gasteiger partial charge on any atom is 0.149 e. The molecule has 2 aliphatic rings. The third kappa shape index (κ3) is 1.57. The summed E-state index contributed by atoms with van der Waals surface area (Å²) in [6.07, 6.45) is 3.04. The predicted octanol–water partition coefficient (Wildman–Crippen LogP) is 0.614. The molecule has 0 aliphatic carbocycles. The first-order valence-corrected chi connectivity index (χ1v) is 5.65. The fourth-order valence-corrected chi connectivity index (χ4v) is 2.45. The average Bonchev–Trinajstić information content (AvgIpc) is 2.62. The molecular weight excluding hydrogens is 204 g/mol. The van der Waals surface area contributed by atoms with E-state index in [0.29, 0.717) is 23.7 Å². The van der Waals surface area contributed by atoms with E-state index in [1.807, 2.05) is 12.1 Å². The van der Waals surface area contributed by atoms with E-state index in [1.54, 1.807) is 0 Å². The Morgan fingerprint density at radius 3 is 2.50 bits per heavy atom. The van der Waals surface area contributed by atoms with Gasteiger partial charge in [0.15, 0.2) is 0 Å². The Hall–Kier alpha value is -1.49. The molecule has 2 atom stereocenters.